The second kappa shape index (κ2) is 16.6. The van der Waals surface area contributed by atoms with Gasteiger partial charge < -0.3 is 15.5 Å². The molecule has 180 valence electrons. The first-order valence-corrected chi connectivity index (χ1v) is 12.3. The minimum atomic E-state index is -0.113. The van der Waals surface area contributed by atoms with Crippen molar-refractivity contribution in [1.29, 1.82) is 5.41 Å². The van der Waals surface area contributed by atoms with Crippen molar-refractivity contribution in [2.24, 2.45) is 0 Å². The fraction of sp³-hybridized carbons (Fsp3) is 0.370. The fourth-order valence-corrected chi connectivity index (χ4v) is 3.66. The van der Waals surface area contributed by atoms with Gasteiger partial charge in [0.05, 0.1) is 17.8 Å². The summed E-state index contributed by atoms with van der Waals surface area (Å²) in [5, 5.41) is 11.7. The lowest BCUT2D eigenvalue weighted by molar-refractivity contribution is 0.102. The Kier molecular flexibility index (Phi) is 15.1. The number of nitrogens with zero attached hydrogens (tertiary/aromatic N) is 1. The predicted octanol–water partition coefficient (Wildman–Crippen LogP) is 8.07. The van der Waals surface area contributed by atoms with Gasteiger partial charge in [0.1, 0.15) is 5.75 Å². The Morgan fingerprint density at radius 3 is 2.18 bits per heavy atom. The van der Waals surface area contributed by atoms with Crippen LogP contribution in [-0.2, 0) is 6.42 Å². The minimum Gasteiger partial charge on any atom is -0.497 e. The third-order valence-corrected chi connectivity index (χ3v) is 5.54. The highest BCUT2D eigenvalue weighted by atomic mass is 32.1. The lowest BCUT2D eigenvalue weighted by Crippen LogP contribution is -2.14. The van der Waals surface area contributed by atoms with Crippen LogP contribution < -0.4 is 10.1 Å². The van der Waals surface area contributed by atoms with Crippen molar-refractivity contribution in [3.63, 3.8) is 0 Å². The number of ether oxygens (including phenoxy) is 1. The molecule has 0 aliphatic heterocycles. The number of anilines is 1. The first-order chi connectivity index (χ1) is 16.0. The van der Waals surface area contributed by atoms with Crippen LogP contribution in [0.1, 0.15) is 75.3 Å². The first kappa shape index (κ1) is 30.0. The molecule has 3 aromatic rings. The van der Waals surface area contributed by atoms with Crippen molar-refractivity contribution in [3.05, 3.63) is 64.0 Å². The van der Waals surface area contributed by atoms with E-state index in [0.29, 0.717) is 11.5 Å². The Morgan fingerprint density at radius 1 is 1.09 bits per heavy atom. The molecule has 0 bridgehead atoms. The van der Waals surface area contributed by atoms with Crippen LogP contribution in [0.4, 0.5) is 5.69 Å². The van der Waals surface area contributed by atoms with Crippen molar-refractivity contribution < 1.29 is 9.53 Å². The van der Waals surface area contributed by atoms with Gasteiger partial charge in [-0.15, -0.1) is 11.3 Å². The molecule has 0 radical (unpaired) electrons. The van der Waals surface area contributed by atoms with Gasteiger partial charge >= 0.3 is 0 Å². The summed E-state index contributed by atoms with van der Waals surface area (Å²) in [5.41, 5.74) is 4.43. The average Bonchev–Trinajstić information content (AvgIpc) is 3.38. The van der Waals surface area contributed by atoms with Gasteiger partial charge in [-0.2, -0.15) is 0 Å². The molecule has 0 saturated carbocycles. The molecule has 0 spiro atoms. The lowest BCUT2D eigenvalue weighted by atomic mass is 10.0. The van der Waals surface area contributed by atoms with E-state index < -0.39 is 0 Å². The van der Waals surface area contributed by atoms with Crippen LogP contribution in [0.25, 0.3) is 11.3 Å². The SMILES string of the molecule is C=N.CC.CC.CCc1cc(OC)ccc1C(=O)Nc1ccc(-c2csc(C(C)C)n2)cc1. The average molecular weight is 470 g/mol. The second-order valence-corrected chi connectivity index (χ2v) is 7.52. The number of benzene rings is 2. The summed E-state index contributed by atoms with van der Waals surface area (Å²) in [6, 6.07) is 13.3. The van der Waals surface area contributed by atoms with Gasteiger partial charge in [-0.1, -0.05) is 60.6 Å². The van der Waals surface area contributed by atoms with Crippen LogP contribution in [0, 0.1) is 5.41 Å². The maximum absolute atomic E-state index is 12.7. The van der Waals surface area contributed by atoms with Gasteiger partial charge in [-0.25, -0.2) is 4.98 Å². The van der Waals surface area contributed by atoms with Crippen molar-refractivity contribution in [2.45, 2.75) is 60.8 Å². The molecular weight excluding hydrogens is 430 g/mol. The van der Waals surface area contributed by atoms with Gasteiger partial charge in [-0.05, 0) is 49.0 Å². The smallest absolute Gasteiger partial charge is 0.255 e. The van der Waals surface area contributed by atoms with E-state index in [9.17, 15) is 4.79 Å². The number of hydrogen-bond donors (Lipinski definition) is 2. The molecule has 2 aromatic carbocycles. The van der Waals surface area contributed by atoms with Crippen molar-refractivity contribution in [1.82, 2.24) is 4.98 Å². The number of aromatic nitrogens is 1. The Bertz CT molecular complexity index is 950. The standard InChI is InChI=1S/C22H24N2O2S.2C2H6.CH3N/c1-5-15-12-18(26-4)10-11-19(15)21(25)23-17-8-6-16(7-9-17)20-13-27-22(24-20)14(2)3;3*1-2/h6-14H,5H2,1-4H3,(H,23,25);2*1-2H3;2H,1H2. The topological polar surface area (TPSA) is 75.1 Å². The monoisotopic (exact) mass is 469 g/mol. The van der Waals surface area contributed by atoms with Crippen LogP contribution in [0.15, 0.2) is 47.8 Å². The van der Waals surface area contributed by atoms with Crippen LogP contribution in [0.3, 0.4) is 0 Å². The molecule has 0 aliphatic rings. The highest BCUT2D eigenvalue weighted by molar-refractivity contribution is 7.10. The van der Waals surface area contributed by atoms with Gasteiger partial charge in [-0.3, -0.25) is 4.79 Å². The van der Waals surface area contributed by atoms with Gasteiger partial charge in [0.15, 0.2) is 0 Å². The van der Waals surface area contributed by atoms with E-state index in [1.165, 1.54) is 0 Å². The number of hydrogen-bond acceptors (Lipinski definition) is 5. The van der Waals surface area contributed by atoms with E-state index in [4.69, 9.17) is 10.1 Å². The number of methoxy groups -OCH3 is 1. The first-order valence-electron chi connectivity index (χ1n) is 11.4. The molecule has 2 N–H and O–H groups in total. The summed E-state index contributed by atoms with van der Waals surface area (Å²) < 4.78 is 5.24. The van der Waals surface area contributed by atoms with Crippen LogP contribution in [-0.4, -0.2) is 24.7 Å². The van der Waals surface area contributed by atoms with Gasteiger partial charge in [0.25, 0.3) is 5.91 Å². The number of thiazole rings is 1. The Labute approximate surface area is 203 Å². The number of amides is 1. The number of aryl methyl sites for hydroxylation is 1. The third-order valence-electron chi connectivity index (χ3n) is 4.39. The summed E-state index contributed by atoms with van der Waals surface area (Å²) in [7, 11) is 1.63. The number of rotatable bonds is 6. The molecule has 33 heavy (non-hydrogen) atoms. The third kappa shape index (κ3) is 8.81. The molecule has 1 amide bonds. The summed E-state index contributed by atoms with van der Waals surface area (Å²) in [4.78, 5) is 17.3. The Morgan fingerprint density at radius 2 is 1.70 bits per heavy atom. The van der Waals surface area contributed by atoms with Gasteiger partial charge in [0, 0.05) is 28.1 Å². The summed E-state index contributed by atoms with van der Waals surface area (Å²) >= 11 is 1.68. The molecule has 0 aliphatic carbocycles. The van der Waals surface area contributed by atoms with Crippen molar-refractivity contribution in [2.75, 3.05) is 12.4 Å². The lowest BCUT2D eigenvalue weighted by Gasteiger charge is -2.11. The molecule has 6 heteroatoms. The molecule has 0 atom stereocenters. The Hall–Kier alpha value is -2.99. The maximum atomic E-state index is 12.7. The summed E-state index contributed by atoms with van der Waals surface area (Å²) in [5.74, 6) is 1.08. The molecule has 1 heterocycles. The predicted molar refractivity (Wildman–Crippen MR) is 145 cm³/mol. The van der Waals surface area contributed by atoms with E-state index >= 15 is 0 Å². The zero-order valence-corrected chi connectivity index (χ0v) is 22.1. The molecule has 0 saturated heterocycles. The quantitative estimate of drug-likeness (QED) is 0.358. The minimum absolute atomic E-state index is 0.113. The summed E-state index contributed by atoms with van der Waals surface area (Å²) in [6.45, 7) is 16.8. The van der Waals surface area contributed by atoms with Crippen molar-refractivity contribution in [3.8, 4) is 17.0 Å². The van der Waals surface area contributed by atoms with E-state index in [2.05, 4.69) is 36.2 Å². The number of nitrogens with one attached hydrogen (secondary N) is 2. The van der Waals surface area contributed by atoms with E-state index in [1.54, 1.807) is 18.4 Å². The van der Waals surface area contributed by atoms with E-state index in [1.807, 2.05) is 77.1 Å². The molecule has 5 nitrogen and oxygen atoms in total. The molecular formula is C27H39N3O2S. The van der Waals surface area contributed by atoms with Crippen molar-refractivity contribution >= 4 is 29.6 Å². The van der Waals surface area contributed by atoms with Crippen LogP contribution in [0.2, 0.25) is 0 Å². The molecule has 0 fully saturated rings. The summed E-state index contributed by atoms with van der Waals surface area (Å²) in [6.07, 6.45) is 0.765. The van der Waals surface area contributed by atoms with Crippen LogP contribution >= 0.6 is 11.3 Å². The number of carbonyl (C=O) groups excluding carboxylic acids is 1. The number of carbonyl (C=O) groups is 1. The highest BCUT2D eigenvalue weighted by Gasteiger charge is 2.12. The fourth-order valence-electron chi connectivity index (χ4n) is 2.82. The maximum Gasteiger partial charge on any atom is 0.255 e. The molecule has 1 aromatic heterocycles. The largest absolute Gasteiger partial charge is 0.497 e. The normalized spacial score (nSPS) is 9.36. The van der Waals surface area contributed by atoms with E-state index in [-0.39, 0.29) is 5.91 Å². The zero-order chi connectivity index (χ0) is 25.4. The molecule has 0 unspecified atom stereocenters. The van der Waals surface area contributed by atoms with Gasteiger partial charge in [0.2, 0.25) is 0 Å². The Balaban J connectivity index is 0.00000158. The van der Waals surface area contributed by atoms with E-state index in [0.717, 1.165) is 39.7 Å². The zero-order valence-electron chi connectivity index (χ0n) is 21.3. The van der Waals surface area contributed by atoms with Crippen LogP contribution in [0.5, 0.6) is 5.75 Å². The second-order valence-electron chi connectivity index (χ2n) is 6.63. The highest BCUT2D eigenvalue weighted by Crippen LogP contribution is 2.27. The molecule has 3 rings (SSSR count).